The van der Waals surface area contributed by atoms with Gasteiger partial charge in [0.15, 0.2) is 0 Å². The van der Waals surface area contributed by atoms with Gasteiger partial charge in [0, 0.05) is 31.4 Å². The third-order valence-electron chi connectivity index (χ3n) is 4.72. The molecule has 0 amide bonds. The highest BCUT2D eigenvalue weighted by Crippen LogP contribution is 2.21. The minimum absolute atomic E-state index is 0.355. The van der Waals surface area contributed by atoms with Crippen LogP contribution in [-0.4, -0.2) is 52.8 Å². The van der Waals surface area contributed by atoms with E-state index in [1.54, 1.807) is 0 Å². The number of alkyl halides is 3. The van der Waals surface area contributed by atoms with E-state index in [2.05, 4.69) is 14.9 Å². The highest BCUT2D eigenvalue weighted by Gasteiger charge is 2.32. The average molecular weight is 316 g/mol. The Morgan fingerprint density at radius 2 is 2.00 bits per heavy atom. The van der Waals surface area contributed by atoms with E-state index in [4.69, 9.17) is 0 Å². The van der Waals surface area contributed by atoms with Gasteiger partial charge in [-0.3, -0.25) is 4.90 Å². The molecule has 124 valence electrons. The van der Waals surface area contributed by atoms with E-state index >= 15 is 0 Å². The molecule has 1 aromatic heterocycles. The van der Waals surface area contributed by atoms with Gasteiger partial charge in [-0.1, -0.05) is 0 Å². The lowest BCUT2D eigenvalue weighted by Gasteiger charge is -2.34. The van der Waals surface area contributed by atoms with Gasteiger partial charge in [-0.2, -0.15) is 13.2 Å². The maximum atomic E-state index is 12.4. The van der Waals surface area contributed by atoms with Crippen LogP contribution in [0.4, 0.5) is 13.2 Å². The van der Waals surface area contributed by atoms with Crippen LogP contribution >= 0.6 is 0 Å². The van der Waals surface area contributed by atoms with E-state index in [1.165, 1.54) is 4.90 Å². The Morgan fingerprint density at radius 1 is 1.23 bits per heavy atom. The van der Waals surface area contributed by atoms with Crippen LogP contribution in [0.15, 0.2) is 12.4 Å². The first kappa shape index (κ1) is 15.8. The van der Waals surface area contributed by atoms with Crippen LogP contribution in [0.2, 0.25) is 0 Å². The Bertz CT molecular complexity index is 477. The zero-order valence-electron chi connectivity index (χ0n) is 12.6. The number of imidazole rings is 1. The first-order chi connectivity index (χ1) is 10.5. The Hall–Kier alpha value is -1.08. The van der Waals surface area contributed by atoms with Crippen molar-refractivity contribution >= 4 is 0 Å². The number of nitrogens with zero attached hydrogens (tertiary/aromatic N) is 3. The number of halogens is 3. The first-order valence-corrected chi connectivity index (χ1v) is 8.02. The Kier molecular flexibility index (Phi) is 4.73. The van der Waals surface area contributed by atoms with Crippen molar-refractivity contribution in [1.82, 2.24) is 19.8 Å². The lowest BCUT2D eigenvalue weighted by atomic mass is 9.98. The third kappa shape index (κ3) is 4.23. The third-order valence-corrected chi connectivity index (χ3v) is 4.72. The van der Waals surface area contributed by atoms with Gasteiger partial charge >= 0.3 is 6.18 Å². The number of nitrogens with one attached hydrogen (secondary N) is 1. The second kappa shape index (κ2) is 6.58. The van der Waals surface area contributed by atoms with Crippen molar-refractivity contribution in [3.8, 4) is 0 Å². The molecular formula is C15H23F3N4. The summed E-state index contributed by atoms with van der Waals surface area (Å²) in [5.74, 6) is 1.76. The largest absolute Gasteiger partial charge is 0.401 e. The van der Waals surface area contributed by atoms with Gasteiger partial charge in [0.1, 0.15) is 5.82 Å². The van der Waals surface area contributed by atoms with Gasteiger partial charge in [0.2, 0.25) is 0 Å². The second-order valence-electron chi connectivity index (χ2n) is 6.47. The number of hydrogen-bond acceptors (Lipinski definition) is 3. The Labute approximate surface area is 128 Å². The molecule has 4 nitrogen and oxygen atoms in total. The lowest BCUT2D eigenvalue weighted by molar-refractivity contribution is -0.148. The van der Waals surface area contributed by atoms with E-state index < -0.39 is 12.7 Å². The number of hydrogen-bond donors (Lipinski definition) is 1. The van der Waals surface area contributed by atoms with E-state index in [0.717, 1.165) is 44.6 Å². The molecule has 3 rings (SSSR count). The summed E-state index contributed by atoms with van der Waals surface area (Å²) < 4.78 is 39.3. The predicted molar refractivity (Wildman–Crippen MR) is 77.6 cm³/mol. The van der Waals surface area contributed by atoms with Crippen molar-refractivity contribution < 1.29 is 13.2 Å². The fourth-order valence-corrected chi connectivity index (χ4v) is 3.49. The molecule has 22 heavy (non-hydrogen) atoms. The Balaban J connectivity index is 1.37. The second-order valence-corrected chi connectivity index (χ2v) is 6.47. The van der Waals surface area contributed by atoms with Crippen molar-refractivity contribution in [2.24, 2.45) is 5.92 Å². The molecule has 1 fully saturated rings. The Morgan fingerprint density at radius 3 is 2.73 bits per heavy atom. The molecule has 1 N–H and O–H groups in total. The summed E-state index contributed by atoms with van der Waals surface area (Å²) in [5.41, 5.74) is 0. The molecule has 0 aliphatic carbocycles. The zero-order chi connectivity index (χ0) is 15.6. The van der Waals surface area contributed by atoms with Gasteiger partial charge in [-0.05, 0) is 44.8 Å². The molecule has 1 atom stereocenters. The molecule has 0 saturated carbocycles. The van der Waals surface area contributed by atoms with Crippen LogP contribution < -0.4 is 5.32 Å². The van der Waals surface area contributed by atoms with E-state index in [0.29, 0.717) is 25.0 Å². The van der Waals surface area contributed by atoms with Gasteiger partial charge in [-0.15, -0.1) is 0 Å². The molecule has 0 unspecified atom stereocenters. The summed E-state index contributed by atoms with van der Waals surface area (Å²) >= 11 is 0. The number of aryl methyl sites for hydroxylation is 1. The molecule has 0 bridgehead atoms. The van der Waals surface area contributed by atoms with Crippen LogP contribution in [0.25, 0.3) is 0 Å². The lowest BCUT2D eigenvalue weighted by Crippen LogP contribution is -2.46. The summed E-state index contributed by atoms with van der Waals surface area (Å²) in [7, 11) is 0. The molecule has 2 aliphatic rings. The number of piperidine rings is 1. The number of aromatic nitrogens is 2. The molecule has 0 aromatic carbocycles. The van der Waals surface area contributed by atoms with Gasteiger partial charge in [0.25, 0.3) is 0 Å². The normalized spacial score (nSPS) is 24.4. The van der Waals surface area contributed by atoms with Crippen molar-refractivity contribution in [2.45, 2.75) is 44.4 Å². The van der Waals surface area contributed by atoms with Crippen LogP contribution in [0, 0.1) is 5.92 Å². The maximum Gasteiger partial charge on any atom is 0.401 e. The van der Waals surface area contributed by atoms with Crippen LogP contribution in [0.5, 0.6) is 0 Å². The number of fused-ring (bicyclic) bond motifs is 1. The fourth-order valence-electron chi connectivity index (χ4n) is 3.49. The molecule has 2 aliphatic heterocycles. The smallest absolute Gasteiger partial charge is 0.335 e. The van der Waals surface area contributed by atoms with Crippen molar-refractivity contribution in [2.75, 3.05) is 26.2 Å². The average Bonchev–Trinajstić information content (AvgIpc) is 2.92. The van der Waals surface area contributed by atoms with Crippen molar-refractivity contribution in [3.05, 3.63) is 18.2 Å². The molecule has 0 spiro atoms. The van der Waals surface area contributed by atoms with E-state index in [9.17, 15) is 13.2 Å². The van der Waals surface area contributed by atoms with Crippen molar-refractivity contribution in [3.63, 3.8) is 0 Å². The topological polar surface area (TPSA) is 33.1 Å². The van der Waals surface area contributed by atoms with Gasteiger partial charge in [-0.25, -0.2) is 4.98 Å². The quantitative estimate of drug-likeness (QED) is 0.923. The highest BCUT2D eigenvalue weighted by molar-refractivity contribution is 4.97. The van der Waals surface area contributed by atoms with Gasteiger partial charge < -0.3 is 9.88 Å². The molecule has 7 heteroatoms. The minimum Gasteiger partial charge on any atom is -0.335 e. The fraction of sp³-hybridized carbons (Fsp3) is 0.800. The predicted octanol–water partition coefficient (Wildman–Crippen LogP) is 2.06. The molecular weight excluding hydrogens is 293 g/mol. The molecule has 3 heterocycles. The molecule has 1 saturated heterocycles. The minimum atomic E-state index is -4.08. The van der Waals surface area contributed by atoms with Crippen LogP contribution in [0.3, 0.4) is 0 Å². The number of rotatable bonds is 4. The van der Waals surface area contributed by atoms with E-state index in [-0.39, 0.29) is 0 Å². The summed E-state index contributed by atoms with van der Waals surface area (Å²) in [6, 6.07) is 0.355. The van der Waals surface area contributed by atoms with Crippen LogP contribution in [0.1, 0.15) is 25.1 Å². The maximum absolute atomic E-state index is 12.4. The standard InChI is InChI=1S/C15H23F3N4/c16-15(17,18)11-21-6-3-13(4-7-21)20-9-12-1-2-14-19-5-8-22(14)10-12/h5,8,12-13,20H,1-4,6-7,9-11H2/t12-/m1/s1. The summed E-state index contributed by atoms with van der Waals surface area (Å²) in [4.78, 5) is 5.83. The summed E-state index contributed by atoms with van der Waals surface area (Å²) in [6.07, 6.45) is 3.56. The highest BCUT2D eigenvalue weighted by atomic mass is 19.4. The first-order valence-electron chi connectivity index (χ1n) is 8.02. The van der Waals surface area contributed by atoms with Crippen molar-refractivity contribution in [1.29, 1.82) is 0 Å². The molecule has 1 aromatic rings. The monoisotopic (exact) mass is 316 g/mol. The SMILES string of the molecule is FC(F)(F)CN1CCC(NC[C@H]2CCc3nccn3C2)CC1. The zero-order valence-corrected chi connectivity index (χ0v) is 12.6. The van der Waals surface area contributed by atoms with Gasteiger partial charge in [0.05, 0.1) is 6.54 Å². The molecule has 0 radical (unpaired) electrons. The van der Waals surface area contributed by atoms with E-state index in [1.807, 2.05) is 12.4 Å². The summed E-state index contributed by atoms with van der Waals surface area (Å²) in [5, 5.41) is 3.56. The number of likely N-dealkylation sites (tertiary alicyclic amines) is 1. The van der Waals surface area contributed by atoms with Crippen LogP contribution in [-0.2, 0) is 13.0 Å². The summed E-state index contributed by atoms with van der Waals surface area (Å²) in [6.45, 7) is 2.24.